The van der Waals surface area contributed by atoms with Gasteiger partial charge in [0.15, 0.2) is 0 Å². The Kier molecular flexibility index (Phi) is 1.52. The Bertz CT molecular complexity index is 200. The van der Waals surface area contributed by atoms with Crippen LogP contribution >= 0.6 is 11.6 Å². The number of hydrogen-bond donors (Lipinski definition) is 0. The Balaban J connectivity index is 1.80. The van der Waals surface area contributed by atoms with Gasteiger partial charge >= 0.3 is 0 Å². The van der Waals surface area contributed by atoms with Crippen LogP contribution in [0.25, 0.3) is 0 Å². The lowest BCUT2D eigenvalue weighted by molar-refractivity contribution is -0.210. The molecular formula is C10H15ClO. The van der Waals surface area contributed by atoms with E-state index < -0.39 is 0 Å². The second-order valence-electron chi connectivity index (χ2n) is 4.59. The first kappa shape index (κ1) is 7.64. The zero-order valence-corrected chi connectivity index (χ0v) is 8.02. The molecule has 0 N–H and O–H groups in total. The van der Waals surface area contributed by atoms with Crippen molar-refractivity contribution in [2.75, 3.05) is 6.61 Å². The fourth-order valence-electron chi connectivity index (χ4n) is 3.31. The molecule has 0 amide bonds. The van der Waals surface area contributed by atoms with Gasteiger partial charge in [-0.3, -0.25) is 0 Å². The predicted octanol–water partition coefficient (Wildman–Crippen LogP) is 2.57. The number of hydrogen-bond acceptors (Lipinski definition) is 1. The van der Waals surface area contributed by atoms with Crippen LogP contribution in [0.5, 0.6) is 0 Å². The third kappa shape index (κ3) is 0.706. The van der Waals surface area contributed by atoms with Gasteiger partial charge < -0.3 is 4.74 Å². The van der Waals surface area contributed by atoms with Crippen molar-refractivity contribution < 1.29 is 4.74 Å². The van der Waals surface area contributed by atoms with E-state index in [0.717, 1.165) is 6.61 Å². The van der Waals surface area contributed by atoms with Crippen LogP contribution in [0.3, 0.4) is 0 Å². The van der Waals surface area contributed by atoms with E-state index in [1.54, 1.807) is 0 Å². The van der Waals surface area contributed by atoms with Crippen LogP contribution in [0.1, 0.15) is 32.1 Å². The van der Waals surface area contributed by atoms with Gasteiger partial charge in [-0.1, -0.05) is 6.42 Å². The van der Waals surface area contributed by atoms with Gasteiger partial charge in [0.1, 0.15) is 0 Å². The van der Waals surface area contributed by atoms with Gasteiger partial charge in [0.05, 0.1) is 6.10 Å². The molecule has 68 valence electrons. The first-order chi connectivity index (χ1) is 5.84. The average molecular weight is 187 g/mol. The highest BCUT2D eigenvalue weighted by molar-refractivity contribution is 6.22. The van der Waals surface area contributed by atoms with Crippen molar-refractivity contribution in [3.05, 3.63) is 0 Å². The summed E-state index contributed by atoms with van der Waals surface area (Å²) in [5.41, 5.74) is 0.437. The maximum atomic E-state index is 6.40. The molecule has 2 heteroatoms. The summed E-state index contributed by atoms with van der Waals surface area (Å²) in [5, 5.41) is 0.441. The summed E-state index contributed by atoms with van der Waals surface area (Å²) in [7, 11) is 0. The molecule has 3 fully saturated rings. The molecule has 0 bridgehead atoms. The summed E-state index contributed by atoms with van der Waals surface area (Å²) in [5.74, 6) is 0.695. The van der Waals surface area contributed by atoms with Gasteiger partial charge in [-0.2, -0.15) is 0 Å². The van der Waals surface area contributed by atoms with Crippen molar-refractivity contribution in [1.82, 2.24) is 0 Å². The Morgan fingerprint density at radius 3 is 2.75 bits per heavy atom. The molecule has 3 rings (SSSR count). The highest BCUT2D eigenvalue weighted by atomic mass is 35.5. The van der Waals surface area contributed by atoms with E-state index in [9.17, 15) is 0 Å². The maximum absolute atomic E-state index is 6.40. The van der Waals surface area contributed by atoms with Gasteiger partial charge in [-0.15, -0.1) is 11.6 Å². The third-order valence-corrected chi connectivity index (χ3v) is 4.90. The average Bonchev–Trinajstić information content (AvgIpc) is 2.01. The van der Waals surface area contributed by atoms with Crippen LogP contribution < -0.4 is 0 Å². The topological polar surface area (TPSA) is 9.23 Å². The van der Waals surface area contributed by atoms with Gasteiger partial charge in [-0.25, -0.2) is 0 Å². The summed E-state index contributed by atoms with van der Waals surface area (Å²) in [6.07, 6.45) is 7.09. The largest absolute Gasteiger partial charge is 0.377 e. The van der Waals surface area contributed by atoms with Crippen molar-refractivity contribution in [2.24, 2.45) is 11.3 Å². The second-order valence-corrected chi connectivity index (χ2v) is 5.06. The van der Waals surface area contributed by atoms with Crippen molar-refractivity contribution >= 4 is 11.6 Å². The van der Waals surface area contributed by atoms with E-state index in [0.29, 0.717) is 22.8 Å². The lowest BCUT2D eigenvalue weighted by Gasteiger charge is -2.65. The molecule has 12 heavy (non-hydrogen) atoms. The SMILES string of the molecule is Cl[C@@H]1[C@H]2CCCO[C@H]2C12CCC2. The highest BCUT2D eigenvalue weighted by Crippen LogP contribution is 2.64. The zero-order chi connectivity index (χ0) is 8.18. The monoisotopic (exact) mass is 186 g/mol. The van der Waals surface area contributed by atoms with Crippen molar-refractivity contribution in [1.29, 1.82) is 0 Å². The molecule has 1 saturated heterocycles. The van der Waals surface area contributed by atoms with Gasteiger partial charge in [-0.05, 0) is 25.7 Å². The molecule has 0 aromatic heterocycles. The van der Waals surface area contributed by atoms with E-state index >= 15 is 0 Å². The van der Waals surface area contributed by atoms with Crippen LogP contribution in [0.15, 0.2) is 0 Å². The molecule has 0 unspecified atom stereocenters. The minimum atomic E-state index is 0.437. The van der Waals surface area contributed by atoms with E-state index in [2.05, 4.69) is 0 Å². The number of rotatable bonds is 0. The standard InChI is InChI=1S/C10H15ClO/c11-8-7-3-1-6-12-9(7)10(8)4-2-5-10/h7-9H,1-6H2/t7-,8-,9-/m1/s1. The molecule has 2 saturated carbocycles. The van der Waals surface area contributed by atoms with Gasteiger partial charge in [0, 0.05) is 23.3 Å². The van der Waals surface area contributed by atoms with Crippen LogP contribution in [0.2, 0.25) is 0 Å². The minimum absolute atomic E-state index is 0.437. The molecule has 1 aliphatic heterocycles. The molecule has 0 aromatic rings. The molecular weight excluding hydrogens is 172 g/mol. The molecule has 0 radical (unpaired) electrons. The predicted molar refractivity (Wildman–Crippen MR) is 48.4 cm³/mol. The molecule has 2 aliphatic carbocycles. The summed E-state index contributed by atoms with van der Waals surface area (Å²) < 4.78 is 5.82. The highest BCUT2D eigenvalue weighted by Gasteiger charge is 2.64. The lowest BCUT2D eigenvalue weighted by Crippen LogP contribution is -2.67. The number of fused-ring (bicyclic) bond motifs is 2. The Labute approximate surface area is 78.4 Å². The number of halogens is 1. The van der Waals surface area contributed by atoms with Crippen molar-refractivity contribution in [2.45, 2.75) is 43.6 Å². The van der Waals surface area contributed by atoms with Crippen LogP contribution in [-0.2, 0) is 4.74 Å². The normalized spacial score (nSPS) is 49.2. The van der Waals surface area contributed by atoms with E-state index in [4.69, 9.17) is 16.3 Å². The molecule has 3 atom stereocenters. The summed E-state index contributed by atoms with van der Waals surface area (Å²) in [4.78, 5) is 0. The van der Waals surface area contributed by atoms with Gasteiger partial charge in [0.25, 0.3) is 0 Å². The Morgan fingerprint density at radius 2 is 2.08 bits per heavy atom. The van der Waals surface area contributed by atoms with E-state index in [1.807, 2.05) is 0 Å². The zero-order valence-electron chi connectivity index (χ0n) is 7.26. The summed E-state index contributed by atoms with van der Waals surface area (Å²) >= 11 is 6.40. The fourth-order valence-corrected chi connectivity index (χ4v) is 3.91. The first-order valence-corrected chi connectivity index (χ1v) is 5.54. The van der Waals surface area contributed by atoms with Crippen molar-refractivity contribution in [3.63, 3.8) is 0 Å². The summed E-state index contributed by atoms with van der Waals surface area (Å²) in [6, 6.07) is 0. The minimum Gasteiger partial charge on any atom is -0.377 e. The lowest BCUT2D eigenvalue weighted by atomic mass is 9.48. The third-order valence-electron chi connectivity index (χ3n) is 4.14. The van der Waals surface area contributed by atoms with Crippen LogP contribution in [0, 0.1) is 11.3 Å². The summed E-state index contributed by atoms with van der Waals surface area (Å²) in [6.45, 7) is 0.979. The quantitative estimate of drug-likeness (QED) is 0.529. The fraction of sp³-hybridized carbons (Fsp3) is 1.00. The molecule has 1 nitrogen and oxygen atoms in total. The Morgan fingerprint density at radius 1 is 1.25 bits per heavy atom. The molecule has 1 spiro atoms. The second kappa shape index (κ2) is 2.39. The van der Waals surface area contributed by atoms with E-state index in [-0.39, 0.29) is 0 Å². The van der Waals surface area contributed by atoms with Crippen LogP contribution in [0.4, 0.5) is 0 Å². The molecule has 3 aliphatic rings. The number of ether oxygens (including phenoxy) is 1. The number of alkyl halides is 1. The molecule has 0 aromatic carbocycles. The first-order valence-electron chi connectivity index (χ1n) is 5.10. The molecule has 1 heterocycles. The van der Waals surface area contributed by atoms with Crippen molar-refractivity contribution in [3.8, 4) is 0 Å². The van der Waals surface area contributed by atoms with E-state index in [1.165, 1.54) is 32.1 Å². The maximum Gasteiger partial charge on any atom is 0.0687 e. The smallest absolute Gasteiger partial charge is 0.0687 e. The van der Waals surface area contributed by atoms with Gasteiger partial charge in [0.2, 0.25) is 0 Å². The van der Waals surface area contributed by atoms with Crippen LogP contribution in [-0.4, -0.2) is 18.1 Å². The Hall–Kier alpha value is 0.250.